The van der Waals surface area contributed by atoms with E-state index in [4.69, 9.17) is 0 Å². The molecule has 0 aliphatic carbocycles. The molecule has 92 valence electrons. The summed E-state index contributed by atoms with van der Waals surface area (Å²) in [5.74, 6) is 3.54. The van der Waals surface area contributed by atoms with Gasteiger partial charge in [0.05, 0.1) is 0 Å². The van der Waals surface area contributed by atoms with Crippen molar-refractivity contribution in [3.8, 4) is 0 Å². The van der Waals surface area contributed by atoms with Crippen molar-refractivity contribution in [3.63, 3.8) is 0 Å². The van der Waals surface area contributed by atoms with Crippen LogP contribution in [0.25, 0.3) is 0 Å². The van der Waals surface area contributed by atoms with E-state index >= 15 is 0 Å². The number of hydrogen-bond acceptors (Lipinski definition) is 0. The Morgan fingerprint density at radius 1 is 0.800 bits per heavy atom. The van der Waals surface area contributed by atoms with Crippen LogP contribution in [-0.4, -0.2) is 0 Å². The molecular formula is C15H32. The molecule has 0 fully saturated rings. The second-order valence-electron chi connectivity index (χ2n) is 5.94. The summed E-state index contributed by atoms with van der Waals surface area (Å²) in [5, 5.41) is 0. The van der Waals surface area contributed by atoms with Crippen molar-refractivity contribution in [3.05, 3.63) is 0 Å². The summed E-state index contributed by atoms with van der Waals surface area (Å²) in [5.41, 5.74) is 0. The molecule has 0 nitrogen and oxygen atoms in total. The van der Waals surface area contributed by atoms with Gasteiger partial charge in [-0.2, -0.15) is 0 Å². The van der Waals surface area contributed by atoms with Crippen molar-refractivity contribution in [2.45, 2.75) is 73.6 Å². The molecule has 0 bridgehead atoms. The molecule has 0 aromatic carbocycles. The van der Waals surface area contributed by atoms with Gasteiger partial charge >= 0.3 is 0 Å². The lowest BCUT2D eigenvalue weighted by Gasteiger charge is -2.27. The predicted octanol–water partition coefficient (Wildman–Crippen LogP) is 5.52. The highest BCUT2D eigenvalue weighted by Crippen LogP contribution is 2.29. The van der Waals surface area contributed by atoms with Gasteiger partial charge in [0.2, 0.25) is 0 Å². The van der Waals surface area contributed by atoms with Crippen LogP contribution in [0.15, 0.2) is 0 Å². The maximum Gasteiger partial charge on any atom is -0.0391 e. The van der Waals surface area contributed by atoms with E-state index in [-0.39, 0.29) is 0 Å². The van der Waals surface area contributed by atoms with Crippen molar-refractivity contribution >= 4 is 0 Å². The first-order valence-corrected chi connectivity index (χ1v) is 6.99. The number of rotatable bonds is 8. The van der Waals surface area contributed by atoms with Crippen LogP contribution >= 0.6 is 0 Å². The summed E-state index contributed by atoms with van der Waals surface area (Å²) in [6, 6.07) is 0. The Bertz CT molecular complexity index is 137. The fourth-order valence-corrected chi connectivity index (χ4v) is 2.50. The second kappa shape index (κ2) is 8.19. The molecule has 15 heavy (non-hydrogen) atoms. The molecule has 0 radical (unpaired) electrons. The highest BCUT2D eigenvalue weighted by Gasteiger charge is 2.19. The van der Waals surface area contributed by atoms with Gasteiger partial charge < -0.3 is 0 Å². The fourth-order valence-electron chi connectivity index (χ4n) is 2.50. The quantitative estimate of drug-likeness (QED) is 0.465. The molecule has 0 heterocycles. The van der Waals surface area contributed by atoms with E-state index in [9.17, 15) is 0 Å². The molecule has 3 atom stereocenters. The Morgan fingerprint density at radius 3 is 1.87 bits per heavy atom. The minimum atomic E-state index is 0.852. The van der Waals surface area contributed by atoms with E-state index in [1.807, 2.05) is 0 Å². The zero-order valence-corrected chi connectivity index (χ0v) is 11.8. The van der Waals surface area contributed by atoms with Gasteiger partial charge in [-0.1, -0.05) is 67.2 Å². The van der Waals surface area contributed by atoms with Crippen molar-refractivity contribution < 1.29 is 0 Å². The van der Waals surface area contributed by atoms with Gasteiger partial charge in [0.1, 0.15) is 0 Å². The first-order chi connectivity index (χ1) is 6.99. The summed E-state index contributed by atoms with van der Waals surface area (Å²) < 4.78 is 0. The molecule has 0 saturated heterocycles. The van der Waals surface area contributed by atoms with Gasteiger partial charge in [0.25, 0.3) is 0 Å². The Kier molecular flexibility index (Phi) is 8.19. The van der Waals surface area contributed by atoms with Crippen molar-refractivity contribution in [1.29, 1.82) is 0 Å². The standard InChI is InChI=1S/C15H32/c1-7-8-9-10-13(4)15(6)14(5)11-12(2)3/h12-15H,7-11H2,1-6H3. The van der Waals surface area contributed by atoms with Gasteiger partial charge in [0, 0.05) is 0 Å². The lowest BCUT2D eigenvalue weighted by molar-refractivity contribution is 0.232. The van der Waals surface area contributed by atoms with Crippen LogP contribution < -0.4 is 0 Å². The smallest absolute Gasteiger partial charge is 0.0391 e. The van der Waals surface area contributed by atoms with Gasteiger partial charge in [-0.05, 0) is 30.1 Å². The van der Waals surface area contributed by atoms with Gasteiger partial charge in [-0.15, -0.1) is 0 Å². The van der Waals surface area contributed by atoms with Crippen LogP contribution in [0.5, 0.6) is 0 Å². The van der Waals surface area contributed by atoms with Gasteiger partial charge in [-0.25, -0.2) is 0 Å². The molecule has 0 spiro atoms. The largest absolute Gasteiger partial charge is 0.0654 e. The zero-order valence-electron chi connectivity index (χ0n) is 11.8. The third-order valence-corrected chi connectivity index (χ3v) is 3.90. The Hall–Kier alpha value is 0. The fraction of sp³-hybridized carbons (Fsp3) is 1.00. The molecule has 0 aliphatic rings. The maximum absolute atomic E-state index is 2.45. The van der Waals surface area contributed by atoms with Crippen molar-refractivity contribution in [2.24, 2.45) is 23.7 Å². The van der Waals surface area contributed by atoms with E-state index < -0.39 is 0 Å². The van der Waals surface area contributed by atoms with Gasteiger partial charge in [-0.3, -0.25) is 0 Å². The number of unbranched alkanes of at least 4 members (excludes halogenated alkanes) is 2. The lowest BCUT2D eigenvalue weighted by atomic mass is 9.79. The Morgan fingerprint density at radius 2 is 1.40 bits per heavy atom. The normalized spacial score (nSPS) is 17.8. The Balaban J connectivity index is 3.79. The molecular weight excluding hydrogens is 180 g/mol. The zero-order chi connectivity index (χ0) is 11.8. The topological polar surface area (TPSA) is 0 Å². The van der Waals surface area contributed by atoms with Crippen LogP contribution in [0, 0.1) is 23.7 Å². The average Bonchev–Trinajstić information content (AvgIpc) is 2.15. The van der Waals surface area contributed by atoms with Crippen LogP contribution in [0.1, 0.15) is 73.6 Å². The van der Waals surface area contributed by atoms with Crippen LogP contribution in [0.3, 0.4) is 0 Å². The molecule has 0 saturated carbocycles. The first-order valence-electron chi connectivity index (χ1n) is 6.99. The van der Waals surface area contributed by atoms with Crippen molar-refractivity contribution in [1.82, 2.24) is 0 Å². The van der Waals surface area contributed by atoms with E-state index in [0.29, 0.717) is 0 Å². The number of hydrogen-bond donors (Lipinski definition) is 0. The highest BCUT2D eigenvalue weighted by molar-refractivity contribution is 4.69. The van der Waals surface area contributed by atoms with Crippen LogP contribution in [-0.2, 0) is 0 Å². The van der Waals surface area contributed by atoms with Crippen LogP contribution in [0.4, 0.5) is 0 Å². The monoisotopic (exact) mass is 212 g/mol. The summed E-state index contributed by atoms with van der Waals surface area (Å²) in [6.07, 6.45) is 7.01. The summed E-state index contributed by atoms with van der Waals surface area (Å²) in [4.78, 5) is 0. The molecule has 0 amide bonds. The minimum absolute atomic E-state index is 0.852. The van der Waals surface area contributed by atoms with E-state index in [2.05, 4.69) is 41.5 Å². The summed E-state index contributed by atoms with van der Waals surface area (Å²) in [6.45, 7) is 14.3. The van der Waals surface area contributed by atoms with Crippen LogP contribution in [0.2, 0.25) is 0 Å². The second-order valence-corrected chi connectivity index (χ2v) is 5.94. The molecule has 0 aromatic heterocycles. The van der Waals surface area contributed by atoms with Crippen molar-refractivity contribution in [2.75, 3.05) is 0 Å². The maximum atomic E-state index is 2.45. The molecule has 0 N–H and O–H groups in total. The molecule has 0 heteroatoms. The summed E-state index contributed by atoms with van der Waals surface area (Å²) >= 11 is 0. The SMILES string of the molecule is CCCCCC(C)C(C)C(C)CC(C)C. The molecule has 0 aromatic rings. The van der Waals surface area contributed by atoms with Gasteiger partial charge in [0.15, 0.2) is 0 Å². The highest BCUT2D eigenvalue weighted by atomic mass is 14.2. The summed E-state index contributed by atoms with van der Waals surface area (Å²) in [7, 11) is 0. The average molecular weight is 212 g/mol. The minimum Gasteiger partial charge on any atom is -0.0654 e. The first kappa shape index (κ1) is 15.0. The molecule has 0 aliphatic heterocycles. The van der Waals surface area contributed by atoms with E-state index in [0.717, 1.165) is 23.7 Å². The third-order valence-electron chi connectivity index (χ3n) is 3.90. The van der Waals surface area contributed by atoms with E-state index in [1.54, 1.807) is 0 Å². The predicted molar refractivity (Wildman–Crippen MR) is 71.1 cm³/mol. The Labute approximate surface area is 97.8 Å². The third kappa shape index (κ3) is 6.98. The molecule has 3 unspecified atom stereocenters. The lowest BCUT2D eigenvalue weighted by Crippen LogP contribution is -2.18. The van der Waals surface area contributed by atoms with E-state index in [1.165, 1.54) is 32.1 Å². The molecule has 0 rings (SSSR count).